The number of anilines is 1. The summed E-state index contributed by atoms with van der Waals surface area (Å²) in [6.45, 7) is 0. The highest BCUT2D eigenvalue weighted by Gasteiger charge is 1.98. The number of benzene rings is 1. The molecule has 0 aliphatic carbocycles. The lowest BCUT2D eigenvalue weighted by Gasteiger charge is -2.07. The molecule has 12 heavy (non-hydrogen) atoms. The molecular formula is C6H5BrNO3S-. The van der Waals surface area contributed by atoms with Crippen LogP contribution in [0.5, 0.6) is 5.75 Å². The van der Waals surface area contributed by atoms with Gasteiger partial charge in [-0.3, -0.25) is 0 Å². The summed E-state index contributed by atoms with van der Waals surface area (Å²) >= 11 is 0.609. The lowest BCUT2D eigenvalue weighted by Crippen LogP contribution is -1.98. The van der Waals surface area contributed by atoms with E-state index >= 15 is 0 Å². The van der Waals surface area contributed by atoms with Gasteiger partial charge in [-0.1, -0.05) is 0 Å². The van der Waals surface area contributed by atoms with Crippen molar-refractivity contribution in [3.63, 3.8) is 0 Å². The first kappa shape index (κ1) is 9.50. The molecule has 1 rings (SSSR count). The Morgan fingerprint density at radius 2 is 2.25 bits per heavy atom. The summed E-state index contributed by atoms with van der Waals surface area (Å²) < 4.78 is 25.2. The minimum absolute atomic E-state index is 0.198. The van der Waals surface area contributed by atoms with Gasteiger partial charge in [0.25, 0.3) is 0 Å². The third-order valence-electron chi connectivity index (χ3n) is 1.13. The molecule has 1 aromatic rings. The first-order valence-corrected chi connectivity index (χ1v) is 4.71. The largest absolute Gasteiger partial charge is 0.740 e. The van der Waals surface area contributed by atoms with E-state index in [2.05, 4.69) is 20.1 Å². The smallest absolute Gasteiger partial charge is 0.141 e. The van der Waals surface area contributed by atoms with E-state index < -0.39 is 11.4 Å². The van der Waals surface area contributed by atoms with Crippen LogP contribution in [0.1, 0.15) is 0 Å². The van der Waals surface area contributed by atoms with Crippen LogP contribution in [0.3, 0.4) is 0 Å². The number of halogens is 1. The van der Waals surface area contributed by atoms with Crippen LogP contribution in [-0.4, -0.2) is 8.76 Å². The van der Waals surface area contributed by atoms with Crippen molar-refractivity contribution in [2.24, 2.45) is 0 Å². The molecule has 0 saturated heterocycles. The summed E-state index contributed by atoms with van der Waals surface area (Å²) in [5, 5.41) is 0. The van der Waals surface area contributed by atoms with Gasteiger partial charge in [0, 0.05) is 16.2 Å². The zero-order valence-electron chi connectivity index (χ0n) is 5.82. The number of hydrogen-bond acceptors (Lipinski definition) is 4. The quantitative estimate of drug-likeness (QED) is 0.633. The van der Waals surface area contributed by atoms with E-state index in [1.807, 2.05) is 0 Å². The van der Waals surface area contributed by atoms with E-state index in [1.54, 1.807) is 6.07 Å². The monoisotopic (exact) mass is 250 g/mol. The van der Waals surface area contributed by atoms with Crippen LogP contribution in [0.4, 0.5) is 5.69 Å². The van der Waals surface area contributed by atoms with Crippen LogP contribution in [0.15, 0.2) is 22.7 Å². The van der Waals surface area contributed by atoms with E-state index in [0.717, 1.165) is 0 Å². The predicted octanol–water partition coefficient (Wildman–Crippen LogP) is 1.20. The average Bonchev–Trinajstić information content (AvgIpc) is 1.96. The topological polar surface area (TPSA) is 75.4 Å². The Morgan fingerprint density at radius 3 is 2.75 bits per heavy atom. The maximum absolute atomic E-state index is 10.1. The van der Waals surface area contributed by atoms with E-state index in [9.17, 15) is 8.76 Å². The summed E-state index contributed by atoms with van der Waals surface area (Å²) in [5.41, 5.74) is 5.90. The van der Waals surface area contributed by atoms with Crippen LogP contribution >= 0.6 is 15.9 Å². The molecule has 4 nitrogen and oxygen atoms in total. The van der Waals surface area contributed by atoms with E-state index in [1.165, 1.54) is 12.1 Å². The van der Waals surface area contributed by atoms with Gasteiger partial charge >= 0.3 is 0 Å². The molecule has 0 radical (unpaired) electrons. The fraction of sp³-hybridized carbons (Fsp3) is 0. The van der Waals surface area contributed by atoms with Gasteiger partial charge in [-0.2, -0.15) is 0 Å². The zero-order valence-corrected chi connectivity index (χ0v) is 8.22. The molecule has 0 aliphatic rings. The molecular weight excluding hydrogens is 246 g/mol. The van der Waals surface area contributed by atoms with Gasteiger partial charge in [0.2, 0.25) is 0 Å². The molecule has 0 heterocycles. The number of nitrogens with two attached hydrogens (primary N) is 1. The highest BCUT2D eigenvalue weighted by molar-refractivity contribution is 9.10. The fourth-order valence-corrected chi connectivity index (χ4v) is 1.16. The normalized spacial score (nSPS) is 12.5. The lowest BCUT2D eigenvalue weighted by atomic mass is 10.3. The summed E-state index contributed by atoms with van der Waals surface area (Å²) in [7, 11) is 0. The van der Waals surface area contributed by atoms with Gasteiger partial charge in [-0.15, -0.1) is 0 Å². The summed E-state index contributed by atoms with van der Waals surface area (Å²) in [6.07, 6.45) is 0. The van der Waals surface area contributed by atoms with Crippen molar-refractivity contribution < 1.29 is 12.9 Å². The van der Waals surface area contributed by atoms with Gasteiger partial charge < -0.3 is 14.5 Å². The molecule has 66 valence electrons. The van der Waals surface area contributed by atoms with Crippen LogP contribution in [0.25, 0.3) is 0 Å². The molecule has 0 aliphatic heterocycles. The van der Waals surface area contributed by atoms with Crippen LogP contribution < -0.4 is 9.92 Å². The van der Waals surface area contributed by atoms with Gasteiger partial charge in [-0.05, 0) is 28.1 Å². The number of nitrogen functional groups attached to an aromatic ring is 1. The first-order valence-electron chi connectivity index (χ1n) is 2.92. The Bertz CT molecular complexity index is 318. The van der Waals surface area contributed by atoms with Crippen LogP contribution in [0.2, 0.25) is 0 Å². The van der Waals surface area contributed by atoms with Crippen molar-refractivity contribution in [3.05, 3.63) is 22.7 Å². The highest BCUT2D eigenvalue weighted by atomic mass is 79.9. The molecule has 1 unspecified atom stereocenters. The van der Waals surface area contributed by atoms with Crippen LogP contribution in [0, 0.1) is 0 Å². The maximum atomic E-state index is 10.1. The third-order valence-corrected chi connectivity index (χ3v) is 2.18. The molecule has 0 spiro atoms. The molecule has 6 heteroatoms. The molecule has 1 atom stereocenters. The molecule has 0 bridgehead atoms. The Labute approximate surface area is 80.3 Å². The van der Waals surface area contributed by atoms with E-state index in [4.69, 9.17) is 5.73 Å². The second-order valence-corrected chi connectivity index (χ2v) is 3.40. The van der Waals surface area contributed by atoms with Gasteiger partial charge in [-0.25, -0.2) is 4.21 Å². The molecule has 0 fully saturated rings. The maximum Gasteiger partial charge on any atom is 0.141 e. The van der Waals surface area contributed by atoms with Crippen LogP contribution in [-0.2, 0) is 11.4 Å². The average molecular weight is 251 g/mol. The molecule has 0 amide bonds. The molecule has 0 aromatic heterocycles. The third kappa shape index (κ3) is 2.47. The molecule has 2 N–H and O–H groups in total. The fourth-order valence-electron chi connectivity index (χ4n) is 0.652. The Kier molecular flexibility index (Phi) is 3.07. The molecule has 0 saturated carbocycles. The van der Waals surface area contributed by atoms with E-state index in [-0.39, 0.29) is 5.75 Å². The predicted molar refractivity (Wildman–Crippen MR) is 48.1 cm³/mol. The van der Waals surface area contributed by atoms with Gasteiger partial charge in [0.1, 0.15) is 17.1 Å². The summed E-state index contributed by atoms with van der Waals surface area (Å²) in [5.74, 6) is 0.198. The number of rotatable bonds is 2. The molecule has 1 aromatic carbocycles. The van der Waals surface area contributed by atoms with Crippen molar-refractivity contribution in [1.29, 1.82) is 0 Å². The van der Waals surface area contributed by atoms with Crippen molar-refractivity contribution >= 4 is 33.0 Å². The van der Waals surface area contributed by atoms with Crippen molar-refractivity contribution in [2.45, 2.75) is 0 Å². The lowest BCUT2D eigenvalue weighted by molar-refractivity contribution is 0.440. The van der Waals surface area contributed by atoms with Gasteiger partial charge in [0.05, 0.1) is 0 Å². The highest BCUT2D eigenvalue weighted by Crippen LogP contribution is 2.24. The van der Waals surface area contributed by atoms with Gasteiger partial charge in [0.15, 0.2) is 0 Å². The number of hydrogen-bond donors (Lipinski definition) is 1. The van der Waals surface area contributed by atoms with E-state index in [0.29, 0.717) is 10.2 Å². The summed E-state index contributed by atoms with van der Waals surface area (Å²) in [6, 6.07) is 4.52. The SMILES string of the molecule is Nc1cc(OS(=O)[O-])ccc1Br. The summed E-state index contributed by atoms with van der Waals surface area (Å²) in [4.78, 5) is 0. The first-order chi connectivity index (χ1) is 5.59. The Hall–Kier alpha value is -0.590. The van der Waals surface area contributed by atoms with Crippen molar-refractivity contribution in [2.75, 3.05) is 5.73 Å². The Morgan fingerprint density at radius 1 is 1.58 bits per heavy atom. The van der Waals surface area contributed by atoms with Crippen molar-refractivity contribution in [1.82, 2.24) is 0 Å². The minimum Gasteiger partial charge on any atom is -0.740 e. The minimum atomic E-state index is -2.55. The zero-order chi connectivity index (χ0) is 9.14. The standard InChI is InChI=1S/C6H6BrNO3S/c7-5-2-1-4(3-6(5)8)11-12(9)10/h1-3H,8H2,(H,9,10)/p-1. The second kappa shape index (κ2) is 3.88. The second-order valence-electron chi connectivity index (χ2n) is 1.97. The van der Waals surface area contributed by atoms with Crippen molar-refractivity contribution in [3.8, 4) is 5.75 Å². The Balaban J connectivity index is 2.89.